The number of nitrogens with one attached hydrogen (secondary N) is 1. The van der Waals surface area contributed by atoms with Crippen molar-refractivity contribution in [3.8, 4) is 6.07 Å². The Morgan fingerprint density at radius 3 is 2.75 bits per heavy atom. The SMILES string of the molecule is CN(CCC(=O)O)S(=O)(=O)Nc1ccc(Br)cc1C#N. The summed E-state index contributed by atoms with van der Waals surface area (Å²) >= 11 is 3.18. The highest BCUT2D eigenvalue weighted by Crippen LogP contribution is 2.21. The molecule has 7 nitrogen and oxygen atoms in total. The van der Waals surface area contributed by atoms with Crippen molar-refractivity contribution in [2.75, 3.05) is 18.3 Å². The summed E-state index contributed by atoms with van der Waals surface area (Å²) in [5.41, 5.74) is 0.299. The molecule has 0 aliphatic rings. The van der Waals surface area contributed by atoms with Crippen molar-refractivity contribution in [2.45, 2.75) is 6.42 Å². The third-order valence-corrected chi connectivity index (χ3v) is 4.37. The van der Waals surface area contributed by atoms with Crippen molar-refractivity contribution in [2.24, 2.45) is 0 Å². The number of hydrogen-bond acceptors (Lipinski definition) is 4. The molecule has 0 aromatic heterocycles. The van der Waals surface area contributed by atoms with Crippen LogP contribution in [0, 0.1) is 11.3 Å². The molecule has 0 radical (unpaired) electrons. The minimum absolute atomic E-state index is 0.137. The number of hydrogen-bond donors (Lipinski definition) is 2. The summed E-state index contributed by atoms with van der Waals surface area (Å²) in [7, 11) is -2.64. The number of benzene rings is 1. The van der Waals surface area contributed by atoms with Crippen molar-refractivity contribution >= 4 is 37.8 Å². The lowest BCUT2D eigenvalue weighted by Crippen LogP contribution is -2.34. The van der Waals surface area contributed by atoms with Gasteiger partial charge in [-0.1, -0.05) is 15.9 Å². The van der Waals surface area contributed by atoms with Crippen LogP contribution in [0.2, 0.25) is 0 Å². The Hall–Kier alpha value is -1.63. The average Bonchev–Trinajstić information content (AvgIpc) is 2.37. The number of nitriles is 1. The van der Waals surface area contributed by atoms with Crippen LogP contribution in [0.1, 0.15) is 12.0 Å². The first-order valence-electron chi connectivity index (χ1n) is 5.42. The van der Waals surface area contributed by atoms with Crippen LogP contribution >= 0.6 is 15.9 Å². The number of carboxylic acid groups (broad SMARTS) is 1. The molecule has 2 N–H and O–H groups in total. The van der Waals surface area contributed by atoms with Gasteiger partial charge in [-0.15, -0.1) is 0 Å². The molecule has 0 fully saturated rings. The molecule has 0 saturated heterocycles. The molecule has 0 aliphatic carbocycles. The number of carbonyl (C=O) groups is 1. The minimum atomic E-state index is -3.90. The molecular formula is C11H12BrN3O4S. The molecule has 1 rings (SSSR count). The van der Waals surface area contributed by atoms with Gasteiger partial charge in [-0.05, 0) is 18.2 Å². The molecule has 0 unspecified atom stereocenters. The number of halogens is 1. The summed E-state index contributed by atoms with van der Waals surface area (Å²) in [5.74, 6) is -1.09. The molecule has 0 amide bonds. The maximum absolute atomic E-state index is 12.0. The molecule has 108 valence electrons. The van der Waals surface area contributed by atoms with Gasteiger partial charge in [0.05, 0.1) is 17.7 Å². The number of anilines is 1. The quantitative estimate of drug-likeness (QED) is 0.794. The fourth-order valence-corrected chi connectivity index (χ4v) is 2.59. The molecule has 0 saturated carbocycles. The fourth-order valence-electron chi connectivity index (χ4n) is 1.29. The van der Waals surface area contributed by atoms with Gasteiger partial charge in [0.1, 0.15) is 6.07 Å². The second-order valence-electron chi connectivity index (χ2n) is 3.87. The largest absolute Gasteiger partial charge is 0.481 e. The predicted octanol–water partition coefficient (Wildman–Crippen LogP) is 1.38. The van der Waals surface area contributed by atoms with Crippen LogP contribution in [0.15, 0.2) is 22.7 Å². The zero-order valence-electron chi connectivity index (χ0n) is 10.5. The van der Waals surface area contributed by atoms with Gasteiger partial charge in [0.15, 0.2) is 0 Å². The summed E-state index contributed by atoms with van der Waals surface area (Å²) < 4.78 is 27.7. The maximum Gasteiger partial charge on any atom is 0.304 e. The van der Waals surface area contributed by atoms with Gasteiger partial charge >= 0.3 is 16.2 Å². The van der Waals surface area contributed by atoms with Gasteiger partial charge in [-0.2, -0.15) is 18.0 Å². The van der Waals surface area contributed by atoms with Crippen LogP contribution in [0.3, 0.4) is 0 Å². The average molecular weight is 362 g/mol. The number of nitrogens with zero attached hydrogens (tertiary/aromatic N) is 2. The van der Waals surface area contributed by atoms with Gasteiger partial charge in [-0.3, -0.25) is 9.52 Å². The third-order valence-electron chi connectivity index (χ3n) is 2.39. The monoisotopic (exact) mass is 361 g/mol. The lowest BCUT2D eigenvalue weighted by Gasteiger charge is -2.18. The molecule has 1 aromatic rings. The number of aliphatic carboxylic acids is 1. The van der Waals surface area contributed by atoms with E-state index in [1.807, 2.05) is 6.07 Å². The standard InChI is InChI=1S/C11H12BrN3O4S/c1-15(5-4-11(16)17)20(18,19)14-10-3-2-9(12)6-8(10)7-13/h2-3,6,14H,4-5H2,1H3,(H,16,17). The summed E-state index contributed by atoms with van der Waals surface area (Å²) in [6.07, 6.45) is -0.303. The van der Waals surface area contributed by atoms with E-state index < -0.39 is 16.2 Å². The van der Waals surface area contributed by atoms with Crippen molar-refractivity contribution in [3.63, 3.8) is 0 Å². The van der Waals surface area contributed by atoms with Crippen molar-refractivity contribution in [1.82, 2.24) is 4.31 Å². The Balaban J connectivity index is 2.91. The fraction of sp³-hybridized carbons (Fsp3) is 0.273. The first-order chi connectivity index (χ1) is 9.26. The van der Waals surface area contributed by atoms with Gasteiger partial charge in [0.25, 0.3) is 0 Å². The van der Waals surface area contributed by atoms with Crippen LogP contribution in [-0.2, 0) is 15.0 Å². The second kappa shape index (κ2) is 6.69. The Kier molecular flexibility index (Phi) is 5.50. The van der Waals surface area contributed by atoms with Crippen molar-refractivity contribution < 1.29 is 18.3 Å². The lowest BCUT2D eigenvalue weighted by atomic mass is 10.2. The molecule has 0 atom stereocenters. The van der Waals surface area contributed by atoms with Crippen LogP contribution in [-0.4, -0.2) is 37.4 Å². The summed E-state index contributed by atoms with van der Waals surface area (Å²) in [4.78, 5) is 10.4. The van der Waals surface area contributed by atoms with Crippen LogP contribution in [0.25, 0.3) is 0 Å². The van der Waals surface area contributed by atoms with E-state index in [1.54, 1.807) is 6.07 Å². The molecule has 0 spiro atoms. The zero-order chi connectivity index (χ0) is 15.3. The summed E-state index contributed by atoms with van der Waals surface area (Å²) in [6, 6.07) is 6.40. The van der Waals surface area contributed by atoms with Gasteiger partial charge in [-0.25, -0.2) is 0 Å². The van der Waals surface area contributed by atoms with Crippen LogP contribution in [0.5, 0.6) is 0 Å². The van der Waals surface area contributed by atoms with E-state index in [9.17, 15) is 13.2 Å². The van der Waals surface area contributed by atoms with Crippen molar-refractivity contribution in [1.29, 1.82) is 5.26 Å². The highest BCUT2D eigenvalue weighted by atomic mass is 79.9. The molecule has 9 heteroatoms. The molecule has 0 aliphatic heterocycles. The Bertz CT molecular complexity index is 654. The van der Waals surface area contributed by atoms with Gasteiger partial charge in [0, 0.05) is 18.1 Å². The highest BCUT2D eigenvalue weighted by Gasteiger charge is 2.19. The minimum Gasteiger partial charge on any atom is -0.481 e. The third kappa shape index (κ3) is 4.48. The molecule has 20 heavy (non-hydrogen) atoms. The number of rotatable bonds is 6. The zero-order valence-corrected chi connectivity index (χ0v) is 12.9. The van der Waals surface area contributed by atoms with E-state index in [-0.39, 0.29) is 24.2 Å². The van der Waals surface area contributed by atoms with Crippen molar-refractivity contribution in [3.05, 3.63) is 28.2 Å². The first-order valence-corrected chi connectivity index (χ1v) is 7.65. The van der Waals surface area contributed by atoms with E-state index in [2.05, 4.69) is 20.7 Å². The Morgan fingerprint density at radius 1 is 1.55 bits per heavy atom. The normalized spacial score (nSPS) is 11.1. The Morgan fingerprint density at radius 2 is 2.20 bits per heavy atom. The topological polar surface area (TPSA) is 110 Å². The summed E-state index contributed by atoms with van der Waals surface area (Å²) in [5, 5.41) is 17.5. The van der Waals surface area contributed by atoms with Crippen LogP contribution in [0.4, 0.5) is 5.69 Å². The Labute approximate surface area is 125 Å². The van der Waals surface area contributed by atoms with E-state index in [1.165, 1.54) is 19.2 Å². The lowest BCUT2D eigenvalue weighted by molar-refractivity contribution is -0.137. The molecule has 0 heterocycles. The molecule has 1 aromatic carbocycles. The predicted molar refractivity (Wildman–Crippen MR) is 76.3 cm³/mol. The first kappa shape index (κ1) is 16.4. The second-order valence-corrected chi connectivity index (χ2v) is 6.57. The van der Waals surface area contributed by atoms with Gasteiger partial charge < -0.3 is 5.11 Å². The molecular weight excluding hydrogens is 350 g/mol. The molecule has 0 bridgehead atoms. The van der Waals surface area contributed by atoms with E-state index in [4.69, 9.17) is 10.4 Å². The van der Waals surface area contributed by atoms with E-state index >= 15 is 0 Å². The maximum atomic E-state index is 12.0. The highest BCUT2D eigenvalue weighted by molar-refractivity contribution is 9.10. The summed E-state index contributed by atoms with van der Waals surface area (Å²) in [6.45, 7) is -0.164. The smallest absolute Gasteiger partial charge is 0.304 e. The van der Waals surface area contributed by atoms with E-state index in [0.717, 1.165) is 4.31 Å². The van der Waals surface area contributed by atoms with Crippen LogP contribution < -0.4 is 4.72 Å². The van der Waals surface area contributed by atoms with Gasteiger partial charge in [0.2, 0.25) is 0 Å². The van der Waals surface area contributed by atoms with E-state index in [0.29, 0.717) is 4.47 Å². The number of carboxylic acids is 1.